The Labute approximate surface area is 130 Å². The van der Waals surface area contributed by atoms with E-state index in [1.165, 1.54) is 37.7 Å². The van der Waals surface area contributed by atoms with Crippen LogP contribution in [0.3, 0.4) is 0 Å². The first-order valence-corrected chi connectivity index (χ1v) is 8.08. The molecule has 2 unspecified atom stereocenters. The standard InChI is InChI=1S/C16H24BrNO2/c1-18-12-7-5-4-6-11(10-12)13-8-9-14(19-2)15(17)16(13)20-3/h8-9,11-12,18H,4-7,10H2,1-3H3. The monoisotopic (exact) mass is 341 g/mol. The SMILES string of the molecule is CNC1CCCCC(c2ccc(OC)c(Br)c2OC)C1. The molecule has 0 amide bonds. The molecule has 1 aliphatic carbocycles. The Bertz CT molecular complexity index is 450. The van der Waals surface area contributed by atoms with Crippen LogP contribution in [0.15, 0.2) is 16.6 Å². The van der Waals surface area contributed by atoms with Crippen LogP contribution in [0, 0.1) is 0 Å². The molecule has 0 aliphatic heterocycles. The van der Waals surface area contributed by atoms with E-state index in [-0.39, 0.29) is 0 Å². The van der Waals surface area contributed by atoms with Gasteiger partial charge in [-0.2, -0.15) is 0 Å². The van der Waals surface area contributed by atoms with Crippen molar-refractivity contribution in [1.82, 2.24) is 5.32 Å². The van der Waals surface area contributed by atoms with Crippen molar-refractivity contribution in [2.45, 2.75) is 44.1 Å². The maximum absolute atomic E-state index is 5.63. The predicted molar refractivity (Wildman–Crippen MR) is 85.9 cm³/mol. The molecule has 20 heavy (non-hydrogen) atoms. The number of halogens is 1. The third-order valence-corrected chi connectivity index (χ3v) is 5.04. The molecule has 0 spiro atoms. The molecule has 0 aromatic heterocycles. The molecule has 1 fully saturated rings. The summed E-state index contributed by atoms with van der Waals surface area (Å²) in [6.45, 7) is 0. The topological polar surface area (TPSA) is 30.5 Å². The number of ether oxygens (including phenoxy) is 2. The summed E-state index contributed by atoms with van der Waals surface area (Å²) >= 11 is 3.61. The van der Waals surface area contributed by atoms with Crippen LogP contribution in [0.4, 0.5) is 0 Å². The number of benzene rings is 1. The quantitative estimate of drug-likeness (QED) is 0.836. The number of rotatable bonds is 4. The second kappa shape index (κ2) is 7.32. The highest BCUT2D eigenvalue weighted by atomic mass is 79.9. The van der Waals surface area contributed by atoms with Gasteiger partial charge in [0.05, 0.1) is 14.2 Å². The molecule has 2 atom stereocenters. The van der Waals surface area contributed by atoms with Gasteiger partial charge in [-0.05, 0) is 59.8 Å². The lowest BCUT2D eigenvalue weighted by Crippen LogP contribution is -2.25. The molecule has 3 nitrogen and oxygen atoms in total. The average molecular weight is 342 g/mol. The maximum Gasteiger partial charge on any atom is 0.140 e. The van der Waals surface area contributed by atoms with Crippen molar-refractivity contribution >= 4 is 15.9 Å². The van der Waals surface area contributed by atoms with Gasteiger partial charge in [0, 0.05) is 6.04 Å². The molecular formula is C16H24BrNO2. The molecule has 4 heteroatoms. The predicted octanol–water partition coefficient (Wildman–Crippen LogP) is 4.10. The second-order valence-corrected chi connectivity index (χ2v) is 6.20. The summed E-state index contributed by atoms with van der Waals surface area (Å²) in [5.41, 5.74) is 1.29. The van der Waals surface area contributed by atoms with Gasteiger partial charge >= 0.3 is 0 Å². The minimum Gasteiger partial charge on any atom is -0.495 e. The van der Waals surface area contributed by atoms with E-state index < -0.39 is 0 Å². The zero-order valence-corrected chi connectivity index (χ0v) is 14.1. The molecule has 2 rings (SSSR count). The summed E-state index contributed by atoms with van der Waals surface area (Å²) in [6.07, 6.45) is 6.27. The fourth-order valence-corrected chi connectivity index (χ4v) is 3.83. The van der Waals surface area contributed by atoms with Crippen molar-refractivity contribution in [2.24, 2.45) is 0 Å². The Morgan fingerprint density at radius 2 is 1.90 bits per heavy atom. The van der Waals surface area contributed by atoms with E-state index in [4.69, 9.17) is 9.47 Å². The van der Waals surface area contributed by atoms with Gasteiger partial charge in [-0.1, -0.05) is 18.9 Å². The lowest BCUT2D eigenvalue weighted by atomic mass is 9.89. The van der Waals surface area contributed by atoms with E-state index in [1.807, 2.05) is 6.07 Å². The van der Waals surface area contributed by atoms with Gasteiger partial charge in [0.25, 0.3) is 0 Å². The van der Waals surface area contributed by atoms with Crippen LogP contribution in [0.25, 0.3) is 0 Å². The van der Waals surface area contributed by atoms with Crippen molar-refractivity contribution in [3.63, 3.8) is 0 Å². The summed E-state index contributed by atoms with van der Waals surface area (Å²) in [4.78, 5) is 0. The number of hydrogen-bond acceptors (Lipinski definition) is 3. The normalized spacial score (nSPS) is 23.2. The Morgan fingerprint density at radius 3 is 2.55 bits per heavy atom. The first kappa shape index (κ1) is 15.6. The summed E-state index contributed by atoms with van der Waals surface area (Å²) in [5.74, 6) is 2.29. The second-order valence-electron chi connectivity index (χ2n) is 5.41. The van der Waals surface area contributed by atoms with Crippen LogP contribution in [0.5, 0.6) is 11.5 Å². The van der Waals surface area contributed by atoms with Gasteiger partial charge in [-0.25, -0.2) is 0 Å². The molecule has 1 aromatic carbocycles. The minimum atomic E-state index is 0.548. The molecular weight excluding hydrogens is 318 g/mol. The fourth-order valence-electron chi connectivity index (χ4n) is 3.14. The van der Waals surface area contributed by atoms with Crippen molar-refractivity contribution < 1.29 is 9.47 Å². The van der Waals surface area contributed by atoms with E-state index in [1.54, 1.807) is 14.2 Å². The zero-order valence-electron chi connectivity index (χ0n) is 12.5. The lowest BCUT2D eigenvalue weighted by Gasteiger charge is -2.23. The van der Waals surface area contributed by atoms with Gasteiger partial charge in [-0.15, -0.1) is 0 Å². The molecule has 112 valence electrons. The van der Waals surface area contributed by atoms with Crippen molar-refractivity contribution in [2.75, 3.05) is 21.3 Å². The van der Waals surface area contributed by atoms with Crippen LogP contribution in [-0.2, 0) is 0 Å². The van der Waals surface area contributed by atoms with E-state index in [9.17, 15) is 0 Å². The van der Waals surface area contributed by atoms with E-state index in [0.717, 1.165) is 16.0 Å². The van der Waals surface area contributed by atoms with Gasteiger partial charge in [-0.3, -0.25) is 0 Å². The summed E-state index contributed by atoms with van der Waals surface area (Å²) in [5, 5.41) is 3.44. The van der Waals surface area contributed by atoms with Gasteiger partial charge in [0.15, 0.2) is 0 Å². The first-order valence-electron chi connectivity index (χ1n) is 7.28. The minimum absolute atomic E-state index is 0.548. The summed E-state index contributed by atoms with van der Waals surface area (Å²) in [7, 11) is 5.48. The number of methoxy groups -OCH3 is 2. The van der Waals surface area contributed by atoms with Crippen LogP contribution < -0.4 is 14.8 Å². The summed E-state index contributed by atoms with van der Waals surface area (Å²) < 4.78 is 11.9. The smallest absolute Gasteiger partial charge is 0.140 e. The maximum atomic E-state index is 5.63. The van der Waals surface area contributed by atoms with Gasteiger partial charge < -0.3 is 14.8 Å². The fraction of sp³-hybridized carbons (Fsp3) is 0.625. The van der Waals surface area contributed by atoms with Crippen LogP contribution in [-0.4, -0.2) is 27.3 Å². The highest BCUT2D eigenvalue weighted by Gasteiger charge is 2.25. The highest BCUT2D eigenvalue weighted by molar-refractivity contribution is 9.10. The Morgan fingerprint density at radius 1 is 1.15 bits per heavy atom. The van der Waals surface area contributed by atoms with E-state index >= 15 is 0 Å². The largest absolute Gasteiger partial charge is 0.495 e. The van der Waals surface area contributed by atoms with E-state index in [0.29, 0.717) is 12.0 Å². The Hall–Kier alpha value is -0.740. The number of nitrogens with one attached hydrogen (secondary N) is 1. The lowest BCUT2D eigenvalue weighted by molar-refractivity contribution is 0.378. The van der Waals surface area contributed by atoms with Crippen LogP contribution in [0.2, 0.25) is 0 Å². The number of hydrogen-bond donors (Lipinski definition) is 1. The first-order chi connectivity index (χ1) is 9.71. The molecule has 1 aliphatic rings. The summed E-state index contributed by atoms with van der Waals surface area (Å²) in [6, 6.07) is 4.79. The average Bonchev–Trinajstić information content (AvgIpc) is 2.72. The van der Waals surface area contributed by atoms with Crippen LogP contribution in [0.1, 0.15) is 43.6 Å². The molecule has 0 bridgehead atoms. The van der Waals surface area contributed by atoms with Gasteiger partial charge in [0.1, 0.15) is 16.0 Å². The molecule has 0 heterocycles. The Kier molecular flexibility index (Phi) is 5.73. The van der Waals surface area contributed by atoms with Crippen LogP contribution >= 0.6 is 15.9 Å². The molecule has 0 saturated heterocycles. The molecule has 1 N–H and O–H groups in total. The van der Waals surface area contributed by atoms with Crippen molar-refractivity contribution in [3.05, 3.63) is 22.2 Å². The molecule has 1 saturated carbocycles. The molecule has 1 aromatic rings. The van der Waals surface area contributed by atoms with Crippen molar-refractivity contribution in [1.29, 1.82) is 0 Å². The van der Waals surface area contributed by atoms with Crippen molar-refractivity contribution in [3.8, 4) is 11.5 Å². The Balaban J connectivity index is 2.33. The van der Waals surface area contributed by atoms with E-state index in [2.05, 4.69) is 34.4 Å². The zero-order chi connectivity index (χ0) is 14.5. The third kappa shape index (κ3) is 3.29. The highest BCUT2D eigenvalue weighted by Crippen LogP contribution is 2.43. The van der Waals surface area contributed by atoms with Gasteiger partial charge in [0.2, 0.25) is 0 Å². The third-order valence-electron chi connectivity index (χ3n) is 4.29. The molecule has 0 radical (unpaired) electrons.